The molecule has 1 heterocycles. The highest BCUT2D eigenvalue weighted by Gasteiger charge is 2.22. The number of hydrogen-bond donors (Lipinski definition) is 4. The molecule has 4 N–H and O–H groups in total. The van der Waals surface area contributed by atoms with E-state index in [9.17, 15) is 4.79 Å². The van der Waals surface area contributed by atoms with Crippen molar-refractivity contribution in [2.24, 2.45) is 0 Å². The number of aromatic nitrogens is 1. The maximum absolute atomic E-state index is 13.1. The van der Waals surface area contributed by atoms with E-state index in [1.165, 1.54) is 0 Å². The number of hydrazine groups is 1. The van der Waals surface area contributed by atoms with Crippen molar-refractivity contribution in [3.63, 3.8) is 0 Å². The van der Waals surface area contributed by atoms with Gasteiger partial charge in [0.2, 0.25) is 0 Å². The average molecular weight is 427 g/mol. The second-order valence-corrected chi connectivity index (χ2v) is 7.41. The number of H-pyrrole nitrogens is 1. The molecule has 6 heteroatoms. The van der Waals surface area contributed by atoms with Gasteiger partial charge in [0.1, 0.15) is 5.69 Å². The molecule has 1 aromatic heterocycles. The van der Waals surface area contributed by atoms with Crippen molar-refractivity contribution in [3.05, 3.63) is 102 Å². The minimum Gasteiger partial charge on any atom is -0.354 e. The topological polar surface area (TPSA) is 69.0 Å². The summed E-state index contributed by atoms with van der Waals surface area (Å²) in [6.07, 6.45) is 0. The van der Waals surface area contributed by atoms with Gasteiger partial charge in [-0.25, -0.2) is 0 Å². The number of benzene rings is 3. The fourth-order valence-corrected chi connectivity index (χ4v) is 3.68. The first kappa shape index (κ1) is 20.4. The van der Waals surface area contributed by atoms with Crippen LogP contribution in [0, 0.1) is 6.92 Å². The van der Waals surface area contributed by atoms with Crippen molar-refractivity contribution < 1.29 is 4.79 Å². The van der Waals surface area contributed by atoms with Crippen molar-refractivity contribution in [1.82, 2.24) is 15.8 Å². The van der Waals surface area contributed by atoms with Crippen LogP contribution in [0.3, 0.4) is 0 Å². The number of rotatable bonds is 4. The van der Waals surface area contributed by atoms with Crippen molar-refractivity contribution >= 4 is 28.9 Å². The molecule has 0 radical (unpaired) electrons. The lowest BCUT2D eigenvalue weighted by Gasteiger charge is -2.12. The van der Waals surface area contributed by atoms with Gasteiger partial charge in [-0.15, -0.1) is 0 Å². The van der Waals surface area contributed by atoms with Crippen LogP contribution in [0.5, 0.6) is 0 Å². The Balaban J connectivity index is 1.62. The maximum Gasteiger partial charge on any atom is 0.286 e. The highest BCUT2D eigenvalue weighted by atomic mass is 32.1. The molecule has 0 unspecified atom stereocenters. The number of aromatic amines is 1. The molecule has 0 saturated carbocycles. The standard InChI is InChI=1S/C25H22N4OS/c1-17-21(18-11-5-2-6-12-18)22(19-13-7-3-8-14-19)23(26-17)24(30)28-29-25(31)27-20-15-9-4-10-16-20/h2-16,26H,1H3,(H,28,30)(H2,27,29,31). The average Bonchev–Trinajstić information content (AvgIpc) is 3.16. The van der Waals surface area contributed by atoms with Crippen LogP contribution in [-0.4, -0.2) is 16.0 Å². The summed E-state index contributed by atoms with van der Waals surface area (Å²) in [7, 11) is 0. The van der Waals surface area contributed by atoms with E-state index < -0.39 is 0 Å². The SMILES string of the molecule is Cc1[nH]c(C(=O)NNC(=S)Nc2ccccc2)c(-c2ccccc2)c1-c1ccccc1. The number of amides is 1. The van der Waals surface area contributed by atoms with Crippen molar-refractivity contribution in [2.75, 3.05) is 5.32 Å². The first-order chi connectivity index (χ1) is 15.1. The predicted molar refractivity (Wildman–Crippen MR) is 130 cm³/mol. The van der Waals surface area contributed by atoms with E-state index in [-0.39, 0.29) is 5.91 Å². The molecule has 154 valence electrons. The summed E-state index contributed by atoms with van der Waals surface area (Å²) >= 11 is 5.29. The maximum atomic E-state index is 13.1. The molecule has 31 heavy (non-hydrogen) atoms. The lowest BCUT2D eigenvalue weighted by atomic mass is 9.95. The zero-order valence-electron chi connectivity index (χ0n) is 17.0. The van der Waals surface area contributed by atoms with Gasteiger partial charge >= 0.3 is 0 Å². The van der Waals surface area contributed by atoms with Gasteiger partial charge in [-0.3, -0.25) is 15.6 Å². The quantitative estimate of drug-likeness (QED) is 0.264. The number of hydrogen-bond acceptors (Lipinski definition) is 2. The normalized spacial score (nSPS) is 10.4. The van der Waals surface area contributed by atoms with Crippen LogP contribution in [0.4, 0.5) is 5.69 Å². The van der Waals surface area contributed by atoms with E-state index in [4.69, 9.17) is 12.2 Å². The molecule has 0 spiro atoms. The van der Waals surface area contributed by atoms with Crippen molar-refractivity contribution in [3.8, 4) is 22.3 Å². The number of carbonyl (C=O) groups is 1. The summed E-state index contributed by atoms with van der Waals surface area (Å²) in [6, 6.07) is 29.5. The zero-order chi connectivity index (χ0) is 21.6. The number of nitrogens with one attached hydrogen (secondary N) is 4. The number of thiocarbonyl (C=S) groups is 1. The fourth-order valence-electron chi connectivity index (χ4n) is 3.51. The monoisotopic (exact) mass is 426 g/mol. The molecule has 0 atom stereocenters. The molecule has 0 fully saturated rings. The van der Waals surface area contributed by atoms with Gasteiger partial charge in [0.25, 0.3) is 5.91 Å². The third kappa shape index (κ3) is 4.65. The molecule has 0 bridgehead atoms. The van der Waals surface area contributed by atoms with Crippen LogP contribution in [0.15, 0.2) is 91.0 Å². The summed E-state index contributed by atoms with van der Waals surface area (Å²) < 4.78 is 0. The highest BCUT2D eigenvalue weighted by molar-refractivity contribution is 7.80. The lowest BCUT2D eigenvalue weighted by Crippen LogP contribution is -2.44. The van der Waals surface area contributed by atoms with Crippen LogP contribution < -0.4 is 16.2 Å². The Morgan fingerprint density at radius 2 is 1.26 bits per heavy atom. The van der Waals surface area contributed by atoms with Gasteiger partial charge in [0.05, 0.1) is 0 Å². The van der Waals surface area contributed by atoms with Crippen LogP contribution >= 0.6 is 12.2 Å². The molecular formula is C25H22N4OS. The Kier molecular flexibility index (Phi) is 6.10. The van der Waals surface area contributed by atoms with Gasteiger partial charge in [-0.05, 0) is 42.4 Å². The summed E-state index contributed by atoms with van der Waals surface area (Å²) in [6.45, 7) is 1.97. The summed E-state index contributed by atoms with van der Waals surface area (Å²) in [5, 5.41) is 3.33. The number of para-hydroxylation sites is 1. The molecule has 0 saturated heterocycles. The van der Waals surface area contributed by atoms with Gasteiger partial charge in [-0.2, -0.15) is 0 Å². The molecule has 4 rings (SSSR count). The molecular weight excluding hydrogens is 404 g/mol. The molecule has 3 aromatic carbocycles. The Hall–Kier alpha value is -3.90. The Morgan fingerprint density at radius 1 is 0.742 bits per heavy atom. The Morgan fingerprint density at radius 3 is 1.84 bits per heavy atom. The Bertz CT molecular complexity index is 1190. The first-order valence-corrected chi connectivity index (χ1v) is 10.3. The largest absolute Gasteiger partial charge is 0.354 e. The minimum atomic E-state index is -0.304. The molecule has 0 aliphatic carbocycles. The van der Waals surface area contributed by atoms with Gasteiger partial charge < -0.3 is 10.3 Å². The predicted octanol–water partition coefficient (Wildman–Crippen LogP) is 5.29. The van der Waals surface area contributed by atoms with Gasteiger partial charge in [0, 0.05) is 22.5 Å². The highest BCUT2D eigenvalue weighted by Crippen LogP contribution is 2.37. The first-order valence-electron chi connectivity index (χ1n) is 9.89. The summed E-state index contributed by atoms with van der Waals surface area (Å²) in [5.74, 6) is -0.304. The smallest absolute Gasteiger partial charge is 0.286 e. The zero-order valence-corrected chi connectivity index (χ0v) is 17.8. The van der Waals surface area contributed by atoms with E-state index in [2.05, 4.69) is 21.2 Å². The van der Waals surface area contributed by atoms with E-state index in [0.29, 0.717) is 10.8 Å². The third-order valence-electron chi connectivity index (χ3n) is 4.86. The van der Waals surface area contributed by atoms with Crippen LogP contribution in [0.25, 0.3) is 22.3 Å². The fraction of sp³-hybridized carbons (Fsp3) is 0.0400. The summed E-state index contributed by atoms with van der Waals surface area (Å²) in [4.78, 5) is 16.4. The summed E-state index contributed by atoms with van der Waals surface area (Å²) in [5.41, 5.74) is 11.6. The second kappa shape index (κ2) is 9.28. The van der Waals surface area contributed by atoms with Gasteiger partial charge in [0.15, 0.2) is 5.11 Å². The number of carbonyl (C=O) groups excluding carboxylic acids is 1. The van der Waals surface area contributed by atoms with Gasteiger partial charge in [-0.1, -0.05) is 78.9 Å². The molecule has 5 nitrogen and oxygen atoms in total. The molecule has 0 aliphatic heterocycles. The minimum absolute atomic E-state index is 0.298. The van der Waals surface area contributed by atoms with Crippen molar-refractivity contribution in [2.45, 2.75) is 6.92 Å². The lowest BCUT2D eigenvalue weighted by molar-refractivity contribution is 0.0940. The molecule has 1 amide bonds. The van der Waals surface area contributed by atoms with E-state index in [1.807, 2.05) is 97.9 Å². The van der Waals surface area contributed by atoms with E-state index >= 15 is 0 Å². The van der Waals surface area contributed by atoms with E-state index in [1.54, 1.807) is 0 Å². The molecule has 0 aliphatic rings. The van der Waals surface area contributed by atoms with E-state index in [0.717, 1.165) is 33.6 Å². The second-order valence-electron chi connectivity index (χ2n) is 7.01. The van der Waals surface area contributed by atoms with Crippen LogP contribution in [0.1, 0.15) is 16.2 Å². The number of aryl methyl sites for hydroxylation is 1. The molecule has 4 aromatic rings. The Labute approximate surface area is 186 Å². The van der Waals surface area contributed by atoms with Crippen LogP contribution in [0.2, 0.25) is 0 Å². The number of anilines is 1. The third-order valence-corrected chi connectivity index (χ3v) is 5.06. The van der Waals surface area contributed by atoms with Crippen LogP contribution in [-0.2, 0) is 0 Å². The van der Waals surface area contributed by atoms with Crippen molar-refractivity contribution in [1.29, 1.82) is 0 Å².